The predicted octanol–water partition coefficient (Wildman–Crippen LogP) is 1.31. The normalized spacial score (nSPS) is 20.0. The Morgan fingerprint density at radius 1 is 1.69 bits per heavy atom. The topological polar surface area (TPSA) is 75.4 Å². The first-order valence-electron chi connectivity index (χ1n) is 5.40. The van der Waals surface area contributed by atoms with Gasteiger partial charge in [0.15, 0.2) is 0 Å². The number of fused-ring (bicyclic) bond motifs is 1. The molecule has 4 nitrogen and oxygen atoms in total. The Morgan fingerprint density at radius 2 is 2.44 bits per heavy atom. The average molecular weight is 220 g/mol. The molecule has 1 aliphatic heterocycles. The molecule has 2 rings (SSSR count). The lowest BCUT2D eigenvalue weighted by atomic mass is 9.93. The molecule has 0 aliphatic carbocycles. The van der Waals surface area contributed by atoms with Gasteiger partial charge in [0, 0.05) is 18.2 Å². The van der Waals surface area contributed by atoms with Crippen molar-refractivity contribution in [1.29, 1.82) is 0 Å². The number of aryl methyl sites for hydroxylation is 1. The Bertz CT molecular complexity index is 417. The number of hydrogen-bond donors (Lipinski definition) is 3. The van der Waals surface area contributed by atoms with Crippen LogP contribution in [0.4, 0.5) is 5.69 Å². The van der Waals surface area contributed by atoms with E-state index in [1.54, 1.807) is 0 Å². The van der Waals surface area contributed by atoms with E-state index in [0.29, 0.717) is 6.42 Å². The number of carboxylic acid groups (broad SMARTS) is 1. The highest BCUT2D eigenvalue weighted by atomic mass is 16.4. The summed E-state index contributed by atoms with van der Waals surface area (Å²) in [5, 5.41) is 12.1. The molecule has 0 amide bonds. The lowest BCUT2D eigenvalue weighted by Crippen LogP contribution is -2.32. The molecule has 1 heterocycles. The summed E-state index contributed by atoms with van der Waals surface area (Å²) < 4.78 is 0. The van der Waals surface area contributed by atoms with Crippen molar-refractivity contribution in [1.82, 2.24) is 0 Å². The largest absolute Gasteiger partial charge is 0.480 e. The van der Waals surface area contributed by atoms with E-state index in [-0.39, 0.29) is 5.92 Å². The van der Waals surface area contributed by atoms with Crippen LogP contribution < -0.4 is 11.1 Å². The van der Waals surface area contributed by atoms with E-state index >= 15 is 0 Å². The zero-order valence-electron chi connectivity index (χ0n) is 9.23. The Balaban J connectivity index is 2.17. The van der Waals surface area contributed by atoms with Crippen LogP contribution in [0, 0.1) is 6.92 Å². The van der Waals surface area contributed by atoms with E-state index in [4.69, 9.17) is 10.8 Å². The summed E-state index contributed by atoms with van der Waals surface area (Å²) in [4.78, 5) is 10.7. The standard InChI is InChI=1S/C12H16N2O2/c1-7-2-3-11-9(4-7)8(6-14-11)5-10(13)12(15)16/h2-4,8,10,14H,5-6,13H2,1H3,(H,15,16)/t8-,10+/m1/s1. The predicted molar refractivity (Wildman–Crippen MR) is 62.6 cm³/mol. The van der Waals surface area contributed by atoms with Crippen LogP contribution in [0.1, 0.15) is 23.5 Å². The third-order valence-corrected chi connectivity index (χ3v) is 3.04. The van der Waals surface area contributed by atoms with Gasteiger partial charge in [-0.2, -0.15) is 0 Å². The maximum absolute atomic E-state index is 10.7. The summed E-state index contributed by atoms with van der Waals surface area (Å²) in [7, 11) is 0. The van der Waals surface area contributed by atoms with Gasteiger partial charge < -0.3 is 16.2 Å². The maximum Gasteiger partial charge on any atom is 0.320 e. The SMILES string of the molecule is Cc1ccc2c(c1)[C@H](C[C@H](N)C(=O)O)CN2. The molecule has 16 heavy (non-hydrogen) atoms. The molecule has 1 aliphatic rings. The number of aliphatic carboxylic acids is 1. The molecule has 0 aromatic heterocycles. The third kappa shape index (κ3) is 2.02. The number of anilines is 1. The van der Waals surface area contributed by atoms with Gasteiger partial charge in [0.05, 0.1) is 0 Å². The highest BCUT2D eigenvalue weighted by Crippen LogP contribution is 2.34. The minimum Gasteiger partial charge on any atom is -0.480 e. The molecule has 0 fully saturated rings. The molecule has 0 saturated heterocycles. The summed E-state index contributed by atoms with van der Waals surface area (Å²) in [6, 6.07) is 5.41. The minimum atomic E-state index is -0.930. The van der Waals surface area contributed by atoms with E-state index in [0.717, 1.165) is 12.2 Å². The lowest BCUT2D eigenvalue weighted by Gasteiger charge is -2.13. The van der Waals surface area contributed by atoms with Crippen molar-refractivity contribution in [2.45, 2.75) is 25.3 Å². The van der Waals surface area contributed by atoms with Crippen LogP contribution >= 0.6 is 0 Å². The summed E-state index contributed by atoms with van der Waals surface area (Å²) in [6.07, 6.45) is 0.485. The first-order chi connectivity index (χ1) is 7.58. The number of hydrogen-bond acceptors (Lipinski definition) is 3. The Hall–Kier alpha value is -1.55. The second kappa shape index (κ2) is 4.14. The van der Waals surface area contributed by atoms with Gasteiger partial charge in [0.25, 0.3) is 0 Å². The van der Waals surface area contributed by atoms with Crippen LogP contribution in [-0.2, 0) is 4.79 Å². The first kappa shape index (κ1) is 11.0. The minimum absolute atomic E-state index is 0.209. The van der Waals surface area contributed by atoms with Gasteiger partial charge in [-0.25, -0.2) is 0 Å². The maximum atomic E-state index is 10.7. The number of carbonyl (C=O) groups is 1. The smallest absolute Gasteiger partial charge is 0.320 e. The number of nitrogens with one attached hydrogen (secondary N) is 1. The molecule has 0 bridgehead atoms. The Kier molecular flexibility index (Phi) is 2.83. The van der Waals surface area contributed by atoms with Gasteiger partial charge >= 0.3 is 5.97 Å². The van der Waals surface area contributed by atoms with E-state index < -0.39 is 12.0 Å². The van der Waals surface area contributed by atoms with Crippen molar-refractivity contribution in [2.75, 3.05) is 11.9 Å². The van der Waals surface area contributed by atoms with Crippen LogP contribution in [0.15, 0.2) is 18.2 Å². The number of carboxylic acids is 1. The van der Waals surface area contributed by atoms with Crippen molar-refractivity contribution in [3.8, 4) is 0 Å². The molecule has 86 valence electrons. The fourth-order valence-electron chi connectivity index (χ4n) is 2.14. The summed E-state index contributed by atoms with van der Waals surface area (Å²) in [5.74, 6) is -0.720. The van der Waals surface area contributed by atoms with Crippen molar-refractivity contribution in [2.24, 2.45) is 5.73 Å². The van der Waals surface area contributed by atoms with Gasteiger partial charge in [-0.1, -0.05) is 17.7 Å². The van der Waals surface area contributed by atoms with E-state index in [2.05, 4.69) is 11.4 Å². The van der Waals surface area contributed by atoms with Crippen molar-refractivity contribution >= 4 is 11.7 Å². The van der Waals surface area contributed by atoms with Crippen molar-refractivity contribution < 1.29 is 9.90 Å². The van der Waals surface area contributed by atoms with Crippen LogP contribution in [0.2, 0.25) is 0 Å². The number of rotatable bonds is 3. The van der Waals surface area contributed by atoms with Crippen LogP contribution in [0.25, 0.3) is 0 Å². The Labute approximate surface area is 94.5 Å². The summed E-state index contributed by atoms with van der Waals surface area (Å²) in [5.41, 5.74) is 9.05. The lowest BCUT2D eigenvalue weighted by molar-refractivity contribution is -0.138. The van der Waals surface area contributed by atoms with E-state index in [1.165, 1.54) is 11.1 Å². The second-order valence-electron chi connectivity index (χ2n) is 4.35. The molecule has 4 N–H and O–H groups in total. The fraction of sp³-hybridized carbons (Fsp3) is 0.417. The molecule has 0 saturated carbocycles. The highest BCUT2D eigenvalue weighted by molar-refractivity contribution is 5.73. The third-order valence-electron chi connectivity index (χ3n) is 3.04. The van der Waals surface area contributed by atoms with Gasteiger partial charge in [-0.05, 0) is 25.0 Å². The molecular weight excluding hydrogens is 204 g/mol. The van der Waals surface area contributed by atoms with Gasteiger partial charge in [0.2, 0.25) is 0 Å². The van der Waals surface area contributed by atoms with Crippen LogP contribution in [0.5, 0.6) is 0 Å². The van der Waals surface area contributed by atoms with E-state index in [9.17, 15) is 4.79 Å². The van der Waals surface area contributed by atoms with Gasteiger partial charge in [-0.15, -0.1) is 0 Å². The zero-order valence-corrected chi connectivity index (χ0v) is 9.23. The average Bonchev–Trinajstić information content (AvgIpc) is 2.61. The number of nitrogens with two attached hydrogens (primary N) is 1. The summed E-state index contributed by atoms with van der Waals surface area (Å²) in [6.45, 7) is 2.81. The molecule has 0 spiro atoms. The van der Waals surface area contributed by atoms with Crippen molar-refractivity contribution in [3.63, 3.8) is 0 Å². The van der Waals surface area contributed by atoms with Gasteiger partial charge in [0.1, 0.15) is 6.04 Å². The van der Waals surface area contributed by atoms with Crippen molar-refractivity contribution in [3.05, 3.63) is 29.3 Å². The highest BCUT2D eigenvalue weighted by Gasteiger charge is 2.26. The molecule has 4 heteroatoms. The molecule has 0 unspecified atom stereocenters. The molecule has 0 radical (unpaired) electrons. The molecule has 2 atom stereocenters. The zero-order chi connectivity index (χ0) is 11.7. The van der Waals surface area contributed by atoms with Gasteiger partial charge in [-0.3, -0.25) is 4.79 Å². The first-order valence-corrected chi connectivity index (χ1v) is 5.40. The Morgan fingerprint density at radius 3 is 3.12 bits per heavy atom. The van der Waals surface area contributed by atoms with Crippen LogP contribution in [0.3, 0.4) is 0 Å². The summed E-state index contributed by atoms with van der Waals surface area (Å²) >= 11 is 0. The quantitative estimate of drug-likeness (QED) is 0.717. The number of benzene rings is 1. The molecule has 1 aromatic rings. The molecule has 1 aromatic carbocycles. The second-order valence-corrected chi connectivity index (χ2v) is 4.35. The monoisotopic (exact) mass is 220 g/mol. The van der Waals surface area contributed by atoms with E-state index in [1.807, 2.05) is 19.1 Å². The van der Waals surface area contributed by atoms with Crippen LogP contribution in [-0.4, -0.2) is 23.7 Å². The molecular formula is C12H16N2O2. The fourth-order valence-corrected chi connectivity index (χ4v) is 2.14.